The van der Waals surface area contributed by atoms with Crippen molar-refractivity contribution in [3.8, 4) is 5.75 Å². The van der Waals surface area contributed by atoms with Gasteiger partial charge < -0.3 is 19.3 Å². The Morgan fingerprint density at radius 2 is 2.04 bits per heavy atom. The van der Waals surface area contributed by atoms with Gasteiger partial charge in [-0.2, -0.15) is 0 Å². The lowest BCUT2D eigenvalue weighted by Gasteiger charge is -2.27. The first-order valence-corrected chi connectivity index (χ1v) is 8.39. The van der Waals surface area contributed by atoms with Gasteiger partial charge in [0, 0.05) is 27.2 Å². The largest absolute Gasteiger partial charge is 0.497 e. The van der Waals surface area contributed by atoms with E-state index in [0.29, 0.717) is 18.8 Å². The number of rotatable bonds is 7. The van der Waals surface area contributed by atoms with Crippen LogP contribution in [0.3, 0.4) is 0 Å². The first kappa shape index (κ1) is 17.6. The van der Waals surface area contributed by atoms with Crippen molar-refractivity contribution >= 4 is 23.6 Å². The second kappa shape index (κ2) is 8.21. The second-order valence-corrected chi connectivity index (χ2v) is 6.34. The van der Waals surface area contributed by atoms with Crippen LogP contribution in [0.5, 0.6) is 5.75 Å². The van der Waals surface area contributed by atoms with Crippen molar-refractivity contribution in [1.82, 2.24) is 9.80 Å². The maximum absolute atomic E-state index is 12.1. The first-order chi connectivity index (χ1) is 11.1. The average molecular weight is 338 g/mol. The van der Waals surface area contributed by atoms with E-state index in [9.17, 15) is 9.59 Å². The molecule has 1 atom stereocenters. The molecule has 126 valence electrons. The van der Waals surface area contributed by atoms with Gasteiger partial charge in [-0.1, -0.05) is 12.1 Å². The minimum atomic E-state index is -0.0900. The molecule has 1 saturated heterocycles. The molecular weight excluding hydrogens is 316 g/mol. The fourth-order valence-electron chi connectivity index (χ4n) is 2.36. The molecule has 2 rings (SSSR count). The molecule has 0 bridgehead atoms. The zero-order valence-corrected chi connectivity index (χ0v) is 14.5. The van der Waals surface area contributed by atoms with Crippen molar-refractivity contribution in [3.05, 3.63) is 29.8 Å². The van der Waals surface area contributed by atoms with Gasteiger partial charge in [0.15, 0.2) is 0 Å². The summed E-state index contributed by atoms with van der Waals surface area (Å²) >= 11 is 1.60. The molecule has 23 heavy (non-hydrogen) atoms. The highest BCUT2D eigenvalue weighted by Crippen LogP contribution is 2.38. The molecule has 7 heteroatoms. The normalized spacial score (nSPS) is 17.4. The predicted molar refractivity (Wildman–Crippen MR) is 89.4 cm³/mol. The number of carbonyl (C=O) groups is 2. The molecule has 0 aromatic heterocycles. The van der Waals surface area contributed by atoms with E-state index in [2.05, 4.69) is 0 Å². The van der Waals surface area contributed by atoms with Crippen LogP contribution in [0, 0.1) is 0 Å². The number of nitrogens with zero attached hydrogens (tertiary/aromatic N) is 2. The quantitative estimate of drug-likeness (QED) is 0.752. The van der Waals surface area contributed by atoms with E-state index in [1.807, 2.05) is 29.2 Å². The van der Waals surface area contributed by atoms with Gasteiger partial charge in [0.05, 0.1) is 12.9 Å². The molecule has 1 heterocycles. The Morgan fingerprint density at radius 3 is 2.65 bits per heavy atom. The number of methoxy groups -OCH3 is 2. The summed E-state index contributed by atoms with van der Waals surface area (Å²) in [5, 5.41) is -0.0145. The van der Waals surface area contributed by atoms with E-state index >= 15 is 0 Å². The third kappa shape index (κ3) is 4.39. The highest BCUT2D eigenvalue weighted by molar-refractivity contribution is 8.00. The number of amides is 2. The van der Waals surface area contributed by atoms with Crippen molar-refractivity contribution in [1.29, 1.82) is 0 Å². The summed E-state index contributed by atoms with van der Waals surface area (Å²) in [7, 11) is 4.84. The Kier molecular flexibility index (Phi) is 6.29. The van der Waals surface area contributed by atoms with Crippen LogP contribution in [0.25, 0.3) is 0 Å². The Balaban J connectivity index is 2.00. The molecule has 0 saturated carbocycles. The monoisotopic (exact) mass is 338 g/mol. The molecule has 0 unspecified atom stereocenters. The summed E-state index contributed by atoms with van der Waals surface area (Å²) < 4.78 is 10.0. The number of likely N-dealkylation sites (N-methyl/N-ethyl adjacent to an activating group) is 1. The van der Waals surface area contributed by atoms with Crippen LogP contribution in [0.4, 0.5) is 0 Å². The van der Waals surface area contributed by atoms with Crippen molar-refractivity contribution < 1.29 is 19.1 Å². The summed E-state index contributed by atoms with van der Waals surface area (Å²) in [6, 6.07) is 7.74. The molecule has 1 aromatic carbocycles. The zero-order valence-electron chi connectivity index (χ0n) is 13.7. The maximum Gasteiger partial charge on any atom is 0.248 e. The molecule has 0 spiro atoms. The summed E-state index contributed by atoms with van der Waals surface area (Å²) in [6.45, 7) is 1.05. The minimum absolute atomic E-state index is 0.0145. The number of carbonyl (C=O) groups excluding carboxylic acids is 2. The molecular formula is C16H22N2O4S. The summed E-state index contributed by atoms with van der Waals surface area (Å²) in [5.41, 5.74) is 1.06. The fourth-order valence-corrected chi connectivity index (χ4v) is 3.58. The van der Waals surface area contributed by atoms with E-state index in [-0.39, 0.29) is 23.8 Å². The lowest BCUT2D eigenvalue weighted by molar-refractivity contribution is -0.135. The molecule has 1 aliphatic heterocycles. The Hall–Kier alpha value is -1.73. The van der Waals surface area contributed by atoms with Crippen LogP contribution in [-0.2, 0) is 14.3 Å². The highest BCUT2D eigenvalue weighted by atomic mass is 32.2. The second-order valence-electron chi connectivity index (χ2n) is 5.27. The summed E-state index contributed by atoms with van der Waals surface area (Å²) in [6.07, 6.45) is 0. The van der Waals surface area contributed by atoms with Crippen LogP contribution in [0.1, 0.15) is 10.9 Å². The SMILES string of the molecule is COCC(=O)N(C)CCN1C(=O)CS[C@H]1c1ccc(OC)cc1. The van der Waals surface area contributed by atoms with Crippen LogP contribution in [0.2, 0.25) is 0 Å². The lowest BCUT2D eigenvalue weighted by atomic mass is 10.2. The van der Waals surface area contributed by atoms with Crippen LogP contribution in [0.15, 0.2) is 24.3 Å². The third-order valence-corrected chi connectivity index (χ3v) is 4.99. The third-order valence-electron chi connectivity index (χ3n) is 3.74. The van der Waals surface area contributed by atoms with Crippen molar-refractivity contribution in [3.63, 3.8) is 0 Å². The average Bonchev–Trinajstić information content (AvgIpc) is 2.93. The Labute approximate surface area is 140 Å². The van der Waals surface area contributed by atoms with Crippen LogP contribution < -0.4 is 4.74 Å². The molecule has 1 fully saturated rings. The van der Waals surface area contributed by atoms with Gasteiger partial charge in [0.2, 0.25) is 11.8 Å². The Morgan fingerprint density at radius 1 is 1.35 bits per heavy atom. The maximum atomic E-state index is 12.1. The molecule has 0 aliphatic carbocycles. The minimum Gasteiger partial charge on any atom is -0.497 e. The standard InChI is InChI=1S/C16H22N2O4S/c1-17(14(19)10-21-2)8-9-18-15(20)11-23-16(18)12-4-6-13(22-3)7-5-12/h4-7,16H,8-11H2,1-3H3/t16-/m0/s1. The van der Waals surface area contributed by atoms with Gasteiger partial charge in [0.25, 0.3) is 0 Å². The number of thioether (sulfide) groups is 1. The lowest BCUT2D eigenvalue weighted by Crippen LogP contribution is -2.39. The molecule has 1 aliphatic rings. The molecule has 6 nitrogen and oxygen atoms in total. The topological polar surface area (TPSA) is 59.1 Å². The highest BCUT2D eigenvalue weighted by Gasteiger charge is 2.32. The van der Waals surface area contributed by atoms with Gasteiger partial charge in [0.1, 0.15) is 17.7 Å². The van der Waals surface area contributed by atoms with E-state index in [4.69, 9.17) is 9.47 Å². The van der Waals surface area contributed by atoms with Crippen LogP contribution >= 0.6 is 11.8 Å². The number of hydrogen-bond acceptors (Lipinski definition) is 5. The van der Waals surface area contributed by atoms with E-state index in [0.717, 1.165) is 11.3 Å². The predicted octanol–water partition coefficient (Wildman–Crippen LogP) is 1.37. The molecule has 2 amide bonds. The molecule has 1 aromatic rings. The number of benzene rings is 1. The van der Waals surface area contributed by atoms with Gasteiger partial charge in [-0.3, -0.25) is 9.59 Å². The molecule has 0 radical (unpaired) electrons. The van der Waals surface area contributed by atoms with Crippen LogP contribution in [-0.4, -0.2) is 68.3 Å². The fraction of sp³-hybridized carbons (Fsp3) is 0.500. The van der Waals surface area contributed by atoms with Crippen molar-refractivity contribution in [2.75, 3.05) is 46.7 Å². The van der Waals surface area contributed by atoms with E-state index < -0.39 is 0 Å². The Bertz CT molecular complexity index is 550. The van der Waals surface area contributed by atoms with Gasteiger partial charge in [-0.25, -0.2) is 0 Å². The first-order valence-electron chi connectivity index (χ1n) is 7.34. The van der Waals surface area contributed by atoms with Crippen molar-refractivity contribution in [2.24, 2.45) is 0 Å². The summed E-state index contributed by atoms with van der Waals surface area (Å²) in [4.78, 5) is 27.3. The van der Waals surface area contributed by atoms with Gasteiger partial charge in [-0.15, -0.1) is 11.8 Å². The number of hydrogen-bond donors (Lipinski definition) is 0. The van der Waals surface area contributed by atoms with E-state index in [1.165, 1.54) is 7.11 Å². The van der Waals surface area contributed by atoms with Gasteiger partial charge >= 0.3 is 0 Å². The van der Waals surface area contributed by atoms with Gasteiger partial charge in [-0.05, 0) is 17.7 Å². The van der Waals surface area contributed by atoms with E-state index in [1.54, 1.807) is 30.8 Å². The van der Waals surface area contributed by atoms with Crippen molar-refractivity contribution in [2.45, 2.75) is 5.37 Å². The molecule has 0 N–H and O–H groups in total. The summed E-state index contributed by atoms with van der Waals surface area (Å²) in [5.74, 6) is 1.27. The smallest absolute Gasteiger partial charge is 0.248 e. The number of ether oxygens (including phenoxy) is 2. The zero-order chi connectivity index (χ0) is 16.8.